The van der Waals surface area contributed by atoms with Crippen LogP contribution in [0.1, 0.15) is 50.2 Å². The molecule has 0 bridgehead atoms. The molecule has 0 aromatic heterocycles. The fraction of sp³-hybridized carbons (Fsp3) is 0.300. The van der Waals surface area contributed by atoms with Crippen LogP contribution in [0.4, 0.5) is 5.69 Å². The fourth-order valence-corrected chi connectivity index (χ4v) is 4.68. The third-order valence-electron chi connectivity index (χ3n) is 5.67. The lowest BCUT2D eigenvalue weighted by molar-refractivity contribution is -0.384. The highest BCUT2D eigenvalue weighted by molar-refractivity contribution is 9.09. The van der Waals surface area contributed by atoms with Crippen LogP contribution in [-0.4, -0.2) is 40.2 Å². The first-order valence-corrected chi connectivity index (χ1v) is 10.3. The van der Waals surface area contributed by atoms with Gasteiger partial charge in [-0.1, -0.05) is 22.0 Å². The summed E-state index contributed by atoms with van der Waals surface area (Å²) in [5.41, 5.74) is 1.82. The summed E-state index contributed by atoms with van der Waals surface area (Å²) in [5.74, 6) is 0.0490. The van der Waals surface area contributed by atoms with Gasteiger partial charge in [-0.2, -0.15) is 0 Å². The van der Waals surface area contributed by atoms with Crippen molar-refractivity contribution in [3.8, 4) is 11.5 Å². The van der Waals surface area contributed by atoms with Gasteiger partial charge in [-0.3, -0.25) is 19.7 Å². The lowest BCUT2D eigenvalue weighted by atomic mass is 9.82. The van der Waals surface area contributed by atoms with E-state index in [4.69, 9.17) is 9.47 Å². The van der Waals surface area contributed by atoms with E-state index < -0.39 is 16.9 Å². The van der Waals surface area contributed by atoms with Gasteiger partial charge in [0, 0.05) is 29.6 Å². The summed E-state index contributed by atoms with van der Waals surface area (Å²) in [6.45, 7) is 0.522. The van der Waals surface area contributed by atoms with Crippen LogP contribution in [0.25, 0.3) is 0 Å². The summed E-state index contributed by atoms with van der Waals surface area (Å²) >= 11 is 3.38. The Morgan fingerprint density at radius 1 is 1.10 bits per heavy atom. The summed E-state index contributed by atoms with van der Waals surface area (Å²) in [6, 6.07) is 7.15. The van der Waals surface area contributed by atoms with Crippen LogP contribution >= 0.6 is 15.9 Å². The molecule has 3 aliphatic rings. The second-order valence-corrected chi connectivity index (χ2v) is 7.94. The van der Waals surface area contributed by atoms with E-state index in [-0.39, 0.29) is 29.7 Å². The molecule has 2 atom stereocenters. The number of nitrogens with zero attached hydrogens (tertiary/aromatic N) is 2. The Morgan fingerprint density at radius 3 is 2.59 bits per heavy atom. The number of halogens is 1. The molecule has 0 N–H and O–H groups in total. The van der Waals surface area contributed by atoms with Crippen LogP contribution in [0.15, 0.2) is 30.3 Å². The lowest BCUT2D eigenvalue weighted by Gasteiger charge is -2.38. The van der Waals surface area contributed by atoms with Crippen LogP contribution in [0.3, 0.4) is 0 Å². The molecule has 0 saturated heterocycles. The maximum absolute atomic E-state index is 13.4. The molecule has 8 nitrogen and oxygen atoms in total. The van der Waals surface area contributed by atoms with E-state index >= 15 is 0 Å². The number of benzene rings is 2. The summed E-state index contributed by atoms with van der Waals surface area (Å²) < 4.78 is 10.9. The first-order chi connectivity index (χ1) is 14.0. The minimum atomic E-state index is -0.601. The Kier molecular flexibility index (Phi) is 4.09. The monoisotopic (exact) mass is 458 g/mol. The zero-order chi connectivity index (χ0) is 20.3. The molecule has 5 rings (SSSR count). The summed E-state index contributed by atoms with van der Waals surface area (Å²) in [7, 11) is 0. The van der Waals surface area contributed by atoms with Crippen molar-refractivity contribution < 1.29 is 24.0 Å². The van der Waals surface area contributed by atoms with Crippen molar-refractivity contribution in [1.29, 1.82) is 0 Å². The highest BCUT2D eigenvalue weighted by atomic mass is 79.9. The van der Waals surface area contributed by atoms with Crippen LogP contribution in [0.2, 0.25) is 0 Å². The zero-order valence-corrected chi connectivity index (χ0v) is 16.7. The Bertz CT molecular complexity index is 1080. The van der Waals surface area contributed by atoms with Gasteiger partial charge in [0.2, 0.25) is 6.79 Å². The van der Waals surface area contributed by atoms with Crippen molar-refractivity contribution in [2.24, 2.45) is 0 Å². The smallest absolute Gasteiger partial charge is 0.270 e. The number of nitro groups is 1. The van der Waals surface area contributed by atoms with Crippen LogP contribution in [0, 0.1) is 10.1 Å². The zero-order valence-electron chi connectivity index (χ0n) is 15.1. The van der Waals surface area contributed by atoms with E-state index in [9.17, 15) is 19.7 Å². The van der Waals surface area contributed by atoms with Crippen LogP contribution in [-0.2, 0) is 0 Å². The van der Waals surface area contributed by atoms with E-state index in [0.29, 0.717) is 40.9 Å². The average Bonchev–Trinajstić information content (AvgIpc) is 3.28. The van der Waals surface area contributed by atoms with Crippen molar-refractivity contribution >= 4 is 33.3 Å². The fourth-order valence-electron chi connectivity index (χ4n) is 4.43. The molecule has 148 valence electrons. The molecule has 2 aromatic carbocycles. The summed E-state index contributed by atoms with van der Waals surface area (Å²) in [4.78, 5) is 39.0. The van der Waals surface area contributed by atoms with E-state index in [0.717, 1.165) is 5.56 Å². The number of amides is 1. The molecule has 1 amide bonds. The van der Waals surface area contributed by atoms with Crippen molar-refractivity contribution in [3.63, 3.8) is 0 Å². The van der Waals surface area contributed by atoms with Crippen molar-refractivity contribution in [2.45, 2.75) is 18.4 Å². The average molecular weight is 459 g/mol. The van der Waals surface area contributed by atoms with Gasteiger partial charge in [-0.25, -0.2) is 0 Å². The number of hydrogen-bond donors (Lipinski definition) is 0. The van der Waals surface area contributed by atoms with E-state index in [1.807, 2.05) is 0 Å². The first-order valence-electron chi connectivity index (χ1n) is 9.14. The predicted molar refractivity (Wildman–Crippen MR) is 105 cm³/mol. The minimum Gasteiger partial charge on any atom is -0.454 e. The second kappa shape index (κ2) is 6.55. The molecular formula is C20H15BrN2O6. The van der Waals surface area contributed by atoms with E-state index in [2.05, 4.69) is 15.9 Å². The molecule has 0 saturated carbocycles. The topological polar surface area (TPSA) is 99.0 Å². The number of ketones is 1. The van der Waals surface area contributed by atoms with E-state index in [1.165, 1.54) is 18.2 Å². The Morgan fingerprint density at radius 2 is 1.86 bits per heavy atom. The molecule has 29 heavy (non-hydrogen) atoms. The van der Waals surface area contributed by atoms with Crippen molar-refractivity contribution in [1.82, 2.24) is 4.90 Å². The molecule has 0 spiro atoms. The predicted octanol–water partition coefficient (Wildman–Crippen LogP) is 3.59. The first kappa shape index (κ1) is 18.1. The highest BCUT2D eigenvalue weighted by Crippen LogP contribution is 2.53. The Labute approximate surface area is 173 Å². The van der Waals surface area contributed by atoms with Gasteiger partial charge in [0.1, 0.15) is 0 Å². The number of carbonyl (C=O) groups excluding carboxylic acids is 2. The van der Waals surface area contributed by atoms with Gasteiger partial charge in [-0.15, -0.1) is 0 Å². The second-order valence-electron chi connectivity index (χ2n) is 7.15. The molecule has 2 aromatic rings. The number of non-ortho nitro benzene ring substituents is 1. The van der Waals surface area contributed by atoms with Crippen LogP contribution in [0.5, 0.6) is 11.5 Å². The van der Waals surface area contributed by atoms with Gasteiger partial charge in [0.15, 0.2) is 17.3 Å². The molecule has 0 unspecified atom stereocenters. The number of Topliss-reactive ketones (excluding diaryl/α,β-unsaturated/α-hetero) is 1. The number of alkyl halides is 1. The van der Waals surface area contributed by atoms with Gasteiger partial charge >= 0.3 is 0 Å². The molecule has 9 heteroatoms. The lowest BCUT2D eigenvalue weighted by Crippen LogP contribution is -2.42. The Hall–Kier alpha value is -2.94. The maximum Gasteiger partial charge on any atom is 0.270 e. The minimum absolute atomic E-state index is 0.0965. The third-order valence-corrected chi connectivity index (χ3v) is 6.23. The SMILES string of the molecule is O=C1c2cc3c(cc2[C@@H]2[C@H]1c1ccc([N+](=O)[O-])cc1C(=O)N2CCCBr)OCO3. The summed E-state index contributed by atoms with van der Waals surface area (Å²) in [6.07, 6.45) is 0.688. The van der Waals surface area contributed by atoms with Crippen molar-refractivity contribution in [2.75, 3.05) is 18.7 Å². The van der Waals surface area contributed by atoms with Gasteiger partial charge in [0.05, 0.1) is 22.4 Å². The molecule has 2 aliphatic heterocycles. The number of ether oxygens (including phenoxy) is 2. The summed E-state index contributed by atoms with van der Waals surface area (Å²) in [5, 5.41) is 11.9. The van der Waals surface area contributed by atoms with Gasteiger partial charge < -0.3 is 14.4 Å². The molecule has 0 radical (unpaired) electrons. The number of rotatable bonds is 4. The maximum atomic E-state index is 13.4. The molecule has 2 heterocycles. The van der Waals surface area contributed by atoms with Gasteiger partial charge in [-0.05, 0) is 29.7 Å². The molecular weight excluding hydrogens is 444 g/mol. The standard InChI is InChI=1S/C20H15BrN2O6/c21-4-1-5-22-18-12-7-15-16(29-9-28-15)8-13(12)19(24)17(18)11-3-2-10(23(26)27)6-14(11)20(22)25/h2-3,6-8,17-18H,1,4-5,9H2/t17-,18-/m1/s1. The number of nitro benzene ring substituents is 1. The molecule has 0 fully saturated rings. The van der Waals surface area contributed by atoms with Crippen molar-refractivity contribution in [3.05, 3.63) is 62.7 Å². The largest absolute Gasteiger partial charge is 0.454 e. The third kappa shape index (κ3) is 2.57. The molecule has 1 aliphatic carbocycles. The normalized spacial score (nSPS) is 21.1. The highest BCUT2D eigenvalue weighted by Gasteiger charge is 2.50. The quantitative estimate of drug-likeness (QED) is 0.394. The Balaban J connectivity index is 1.70. The number of hydrogen-bond acceptors (Lipinski definition) is 6. The number of carbonyl (C=O) groups is 2. The van der Waals surface area contributed by atoms with Crippen LogP contribution < -0.4 is 9.47 Å². The number of fused-ring (bicyclic) bond motifs is 6. The van der Waals surface area contributed by atoms with Gasteiger partial charge in [0.25, 0.3) is 11.6 Å². The van der Waals surface area contributed by atoms with E-state index in [1.54, 1.807) is 17.0 Å².